The Morgan fingerprint density at radius 2 is 1.88 bits per heavy atom. The van der Waals surface area contributed by atoms with Crippen LogP contribution >= 0.6 is 0 Å². The molecule has 0 aromatic carbocycles. The molecule has 0 aliphatic carbocycles. The predicted molar refractivity (Wildman–Crippen MR) is 64.1 cm³/mol. The van der Waals surface area contributed by atoms with Crippen LogP contribution in [0.1, 0.15) is 27.7 Å². The Balaban J connectivity index is 4.34. The summed E-state index contributed by atoms with van der Waals surface area (Å²) in [4.78, 5) is 11.5. The first-order valence-corrected chi connectivity index (χ1v) is 6.94. The molecule has 0 saturated heterocycles. The summed E-state index contributed by atoms with van der Waals surface area (Å²) in [6.07, 6.45) is 0. The summed E-state index contributed by atoms with van der Waals surface area (Å²) in [5.74, 6) is -0.783. The molecule has 0 unspecified atom stereocenters. The zero-order valence-electron chi connectivity index (χ0n) is 10.9. The van der Waals surface area contributed by atoms with Crippen molar-refractivity contribution in [3.8, 4) is 0 Å². The molecule has 1 N–H and O–H groups in total. The van der Waals surface area contributed by atoms with Crippen LogP contribution in [0.4, 0.5) is 0 Å². The second kappa shape index (κ2) is 6.32. The van der Waals surface area contributed by atoms with Gasteiger partial charge in [-0.1, -0.05) is 0 Å². The van der Waals surface area contributed by atoms with Crippen LogP contribution in [0, 0.1) is 0 Å². The molecule has 102 valence electrons. The van der Waals surface area contributed by atoms with Crippen molar-refractivity contribution in [1.29, 1.82) is 0 Å². The van der Waals surface area contributed by atoms with Gasteiger partial charge in [0.1, 0.15) is 11.6 Å². The number of hydrogen-bond acceptors (Lipinski definition) is 5. The number of carbonyl (C=O) groups excluding carboxylic acids is 1. The van der Waals surface area contributed by atoms with Gasteiger partial charge in [-0.15, -0.1) is 0 Å². The fourth-order valence-electron chi connectivity index (χ4n) is 0.960. The summed E-state index contributed by atoms with van der Waals surface area (Å²) in [5.41, 5.74) is -0.636. The van der Waals surface area contributed by atoms with Crippen LogP contribution in [0.15, 0.2) is 0 Å². The number of nitrogens with one attached hydrogen (secondary N) is 1. The second-order valence-corrected chi connectivity index (χ2v) is 6.56. The van der Waals surface area contributed by atoms with Crippen LogP contribution in [0.5, 0.6) is 0 Å². The molecule has 0 saturated carbocycles. The molecule has 6 nitrogen and oxygen atoms in total. The molecule has 0 aromatic heterocycles. The molecule has 0 rings (SSSR count). The van der Waals surface area contributed by atoms with Gasteiger partial charge in [-0.3, -0.25) is 4.79 Å². The van der Waals surface area contributed by atoms with E-state index < -0.39 is 27.6 Å². The lowest BCUT2D eigenvalue weighted by molar-refractivity contribution is -0.156. The second-order valence-electron chi connectivity index (χ2n) is 4.68. The molecule has 7 heteroatoms. The SMILES string of the molecule is COCCS(=O)(=O)N[C@H](C)C(=O)OC(C)(C)C. The quantitative estimate of drug-likeness (QED) is 0.699. The molecule has 0 bridgehead atoms. The van der Waals surface area contributed by atoms with Crippen molar-refractivity contribution >= 4 is 16.0 Å². The van der Waals surface area contributed by atoms with Gasteiger partial charge in [0, 0.05) is 7.11 Å². The standard InChI is InChI=1S/C10H21NO5S/c1-8(9(12)16-10(2,3)4)11-17(13,14)7-6-15-5/h8,11H,6-7H2,1-5H3/t8-/m1/s1. The molecular weight excluding hydrogens is 246 g/mol. The van der Waals surface area contributed by atoms with Gasteiger partial charge < -0.3 is 9.47 Å². The predicted octanol–water partition coefficient (Wildman–Crippen LogP) is 0.282. The smallest absolute Gasteiger partial charge is 0.324 e. The Morgan fingerprint density at radius 1 is 1.35 bits per heavy atom. The minimum atomic E-state index is -3.52. The highest BCUT2D eigenvalue weighted by molar-refractivity contribution is 7.89. The first-order chi connectivity index (χ1) is 7.57. The van der Waals surface area contributed by atoms with Crippen LogP contribution in [0.2, 0.25) is 0 Å². The first kappa shape index (κ1) is 16.3. The van der Waals surface area contributed by atoms with Gasteiger partial charge in [0.25, 0.3) is 0 Å². The van der Waals surface area contributed by atoms with Crippen LogP contribution in [-0.2, 0) is 24.3 Å². The van der Waals surface area contributed by atoms with Crippen molar-refractivity contribution in [2.75, 3.05) is 19.5 Å². The zero-order chi connectivity index (χ0) is 13.7. The van der Waals surface area contributed by atoms with Crippen LogP contribution in [0.3, 0.4) is 0 Å². The van der Waals surface area contributed by atoms with E-state index in [9.17, 15) is 13.2 Å². The average Bonchev–Trinajstić information content (AvgIpc) is 2.11. The number of rotatable bonds is 6. The maximum Gasteiger partial charge on any atom is 0.324 e. The van der Waals surface area contributed by atoms with Crippen LogP contribution < -0.4 is 4.72 Å². The van der Waals surface area contributed by atoms with Gasteiger partial charge in [-0.2, -0.15) is 0 Å². The van der Waals surface area contributed by atoms with Crippen molar-refractivity contribution in [2.45, 2.75) is 39.3 Å². The van der Waals surface area contributed by atoms with E-state index in [0.717, 1.165) is 0 Å². The molecule has 17 heavy (non-hydrogen) atoms. The zero-order valence-corrected chi connectivity index (χ0v) is 11.8. The van der Waals surface area contributed by atoms with E-state index in [1.54, 1.807) is 20.8 Å². The minimum absolute atomic E-state index is 0.0797. The van der Waals surface area contributed by atoms with E-state index in [1.807, 2.05) is 0 Å². The Morgan fingerprint density at radius 3 is 2.29 bits per heavy atom. The molecule has 0 heterocycles. The third-order valence-electron chi connectivity index (χ3n) is 1.67. The number of methoxy groups -OCH3 is 1. The number of sulfonamides is 1. The third-order valence-corrected chi connectivity index (χ3v) is 3.09. The van der Waals surface area contributed by atoms with Crippen LogP contribution in [0.25, 0.3) is 0 Å². The maximum absolute atomic E-state index is 11.5. The highest BCUT2D eigenvalue weighted by atomic mass is 32.2. The Bertz CT molecular complexity index is 344. The molecule has 0 spiro atoms. The Kier molecular flexibility index (Phi) is 6.08. The van der Waals surface area contributed by atoms with Gasteiger partial charge in [-0.25, -0.2) is 13.1 Å². The van der Waals surface area contributed by atoms with E-state index in [2.05, 4.69) is 9.46 Å². The lowest BCUT2D eigenvalue weighted by atomic mass is 10.2. The van der Waals surface area contributed by atoms with Crippen molar-refractivity contribution in [1.82, 2.24) is 4.72 Å². The van der Waals surface area contributed by atoms with Gasteiger partial charge in [0.05, 0.1) is 12.4 Å². The van der Waals surface area contributed by atoms with Gasteiger partial charge in [0.2, 0.25) is 10.0 Å². The summed E-state index contributed by atoms with van der Waals surface area (Å²) >= 11 is 0. The lowest BCUT2D eigenvalue weighted by Gasteiger charge is -2.22. The van der Waals surface area contributed by atoms with E-state index in [4.69, 9.17) is 4.74 Å². The van der Waals surface area contributed by atoms with E-state index in [0.29, 0.717) is 0 Å². The van der Waals surface area contributed by atoms with E-state index in [1.165, 1.54) is 14.0 Å². The van der Waals surface area contributed by atoms with Gasteiger partial charge in [0.15, 0.2) is 0 Å². The van der Waals surface area contributed by atoms with Crippen molar-refractivity contribution in [3.05, 3.63) is 0 Å². The number of carbonyl (C=O) groups is 1. The van der Waals surface area contributed by atoms with E-state index >= 15 is 0 Å². The van der Waals surface area contributed by atoms with Crippen molar-refractivity contribution in [3.63, 3.8) is 0 Å². The topological polar surface area (TPSA) is 81.7 Å². The van der Waals surface area contributed by atoms with Gasteiger partial charge >= 0.3 is 5.97 Å². The number of esters is 1. The maximum atomic E-state index is 11.5. The normalized spacial score (nSPS) is 14.4. The molecule has 1 atom stereocenters. The molecule has 0 aliphatic heterocycles. The molecule has 0 amide bonds. The highest BCUT2D eigenvalue weighted by Crippen LogP contribution is 2.08. The molecular formula is C10H21NO5S. The van der Waals surface area contributed by atoms with Gasteiger partial charge in [-0.05, 0) is 27.7 Å². The number of ether oxygens (including phenoxy) is 2. The molecule has 0 radical (unpaired) electrons. The number of hydrogen-bond donors (Lipinski definition) is 1. The van der Waals surface area contributed by atoms with Crippen molar-refractivity contribution in [2.24, 2.45) is 0 Å². The van der Waals surface area contributed by atoms with E-state index in [-0.39, 0.29) is 12.4 Å². The third kappa shape index (κ3) is 8.12. The Labute approximate surface area is 103 Å². The summed E-state index contributed by atoms with van der Waals surface area (Å²) in [7, 11) is -2.11. The summed E-state index contributed by atoms with van der Waals surface area (Å²) in [5, 5.41) is 0. The lowest BCUT2D eigenvalue weighted by Crippen LogP contribution is -2.43. The van der Waals surface area contributed by atoms with Crippen molar-refractivity contribution < 1.29 is 22.7 Å². The summed E-state index contributed by atoms with van der Waals surface area (Å²) < 4.78 is 34.9. The average molecular weight is 267 g/mol. The minimum Gasteiger partial charge on any atom is -0.459 e. The molecule has 0 aliphatic rings. The fraction of sp³-hybridized carbons (Fsp3) is 0.900. The fourth-order valence-corrected chi connectivity index (χ4v) is 2.10. The largest absolute Gasteiger partial charge is 0.459 e. The molecule has 0 aromatic rings. The molecule has 0 fully saturated rings. The summed E-state index contributed by atoms with van der Waals surface area (Å²) in [6, 6.07) is -0.906. The first-order valence-electron chi connectivity index (χ1n) is 5.29. The Hall–Kier alpha value is -0.660. The highest BCUT2D eigenvalue weighted by Gasteiger charge is 2.25. The van der Waals surface area contributed by atoms with Crippen LogP contribution in [-0.4, -0.2) is 45.5 Å². The summed E-state index contributed by atoms with van der Waals surface area (Å²) in [6.45, 7) is 6.68. The monoisotopic (exact) mass is 267 g/mol.